The number of rotatable bonds is 5. The van der Waals surface area contributed by atoms with Crippen molar-refractivity contribution in [2.45, 2.75) is 57.9 Å². The van der Waals surface area contributed by atoms with Crippen LogP contribution in [0.25, 0.3) is 0 Å². The first kappa shape index (κ1) is 16.9. The molecule has 24 heavy (non-hydrogen) atoms. The van der Waals surface area contributed by atoms with Gasteiger partial charge in [0.15, 0.2) is 5.82 Å². The van der Waals surface area contributed by atoms with E-state index in [9.17, 15) is 9.59 Å². The highest BCUT2D eigenvalue weighted by molar-refractivity contribution is 5.89. The monoisotopic (exact) mass is 334 g/mol. The summed E-state index contributed by atoms with van der Waals surface area (Å²) in [7, 11) is 1.77. The van der Waals surface area contributed by atoms with Crippen LogP contribution in [0.15, 0.2) is 4.52 Å². The van der Waals surface area contributed by atoms with E-state index in [2.05, 4.69) is 10.1 Å². The van der Waals surface area contributed by atoms with Gasteiger partial charge >= 0.3 is 0 Å². The summed E-state index contributed by atoms with van der Waals surface area (Å²) in [5.41, 5.74) is -0.242. The third kappa shape index (κ3) is 3.60. The quantitative estimate of drug-likeness (QED) is 0.817. The number of carbonyl (C=O) groups is 2. The van der Waals surface area contributed by atoms with E-state index in [4.69, 9.17) is 4.52 Å². The normalized spacial score (nSPS) is 21.4. The summed E-state index contributed by atoms with van der Waals surface area (Å²) >= 11 is 0. The van der Waals surface area contributed by atoms with Gasteiger partial charge in [-0.3, -0.25) is 9.59 Å². The van der Waals surface area contributed by atoms with E-state index < -0.39 is 0 Å². The molecule has 1 aromatic rings. The van der Waals surface area contributed by atoms with Crippen LogP contribution in [0.3, 0.4) is 0 Å². The van der Waals surface area contributed by atoms with Crippen molar-refractivity contribution in [3.8, 4) is 0 Å². The van der Waals surface area contributed by atoms with E-state index >= 15 is 0 Å². The molecule has 0 aromatic carbocycles. The molecule has 0 bridgehead atoms. The lowest BCUT2D eigenvalue weighted by molar-refractivity contribution is -0.134. The molecule has 1 atom stereocenters. The summed E-state index contributed by atoms with van der Waals surface area (Å²) < 4.78 is 5.23. The number of carbonyl (C=O) groups excluding carboxylic acids is 2. The van der Waals surface area contributed by atoms with Gasteiger partial charge in [0.2, 0.25) is 17.7 Å². The Kier molecular flexibility index (Phi) is 4.36. The van der Waals surface area contributed by atoms with Gasteiger partial charge in [0.25, 0.3) is 0 Å². The first-order valence-corrected chi connectivity index (χ1v) is 8.63. The standard InChI is InChI=1S/C17H26N4O3/c1-17(2,3)21-10-12(9-14(21)22)16(23)20(4)8-7-13-18-15(24-19-13)11-5-6-11/h11-12H,5-10H2,1-4H3/t12-/m0/s1. The highest BCUT2D eigenvalue weighted by atomic mass is 16.5. The Bertz CT molecular complexity index is 630. The molecule has 7 nitrogen and oxygen atoms in total. The average Bonchev–Trinajstić information content (AvgIpc) is 3.11. The molecule has 0 radical (unpaired) electrons. The molecule has 1 saturated carbocycles. The van der Waals surface area contributed by atoms with Crippen LogP contribution >= 0.6 is 0 Å². The minimum atomic E-state index is -0.256. The second-order valence-electron chi connectivity index (χ2n) is 7.91. The van der Waals surface area contributed by atoms with Gasteiger partial charge in [-0.05, 0) is 33.6 Å². The zero-order chi connectivity index (χ0) is 17.5. The van der Waals surface area contributed by atoms with Crippen LogP contribution in [0, 0.1) is 5.92 Å². The van der Waals surface area contributed by atoms with Crippen molar-refractivity contribution in [3.05, 3.63) is 11.7 Å². The lowest BCUT2D eigenvalue weighted by atomic mass is 10.1. The van der Waals surface area contributed by atoms with Gasteiger partial charge in [-0.15, -0.1) is 0 Å². The Morgan fingerprint density at radius 2 is 2.08 bits per heavy atom. The molecular formula is C17H26N4O3. The van der Waals surface area contributed by atoms with Crippen molar-refractivity contribution >= 4 is 11.8 Å². The van der Waals surface area contributed by atoms with Crippen molar-refractivity contribution in [2.24, 2.45) is 5.92 Å². The van der Waals surface area contributed by atoms with Gasteiger partial charge in [-0.2, -0.15) is 4.98 Å². The first-order valence-electron chi connectivity index (χ1n) is 8.63. The Morgan fingerprint density at radius 3 is 2.67 bits per heavy atom. The number of amides is 2. The van der Waals surface area contributed by atoms with Crippen LogP contribution in [0.4, 0.5) is 0 Å². The van der Waals surface area contributed by atoms with E-state index in [1.807, 2.05) is 20.8 Å². The number of aromatic nitrogens is 2. The van der Waals surface area contributed by atoms with Crippen molar-refractivity contribution < 1.29 is 14.1 Å². The molecule has 1 saturated heterocycles. The van der Waals surface area contributed by atoms with Gasteiger partial charge in [0, 0.05) is 44.4 Å². The first-order chi connectivity index (χ1) is 11.3. The van der Waals surface area contributed by atoms with E-state index in [0.29, 0.717) is 37.7 Å². The predicted octanol–water partition coefficient (Wildman–Crippen LogP) is 1.59. The van der Waals surface area contributed by atoms with E-state index in [0.717, 1.165) is 18.7 Å². The number of likely N-dealkylation sites (tertiary alicyclic amines) is 1. The molecule has 3 rings (SSSR count). The highest BCUT2D eigenvalue weighted by Gasteiger charge is 2.40. The summed E-state index contributed by atoms with van der Waals surface area (Å²) in [6.45, 7) is 7.02. The van der Waals surface area contributed by atoms with Gasteiger partial charge in [-0.25, -0.2) is 0 Å². The molecule has 2 heterocycles. The molecule has 1 aliphatic heterocycles. The molecule has 2 aliphatic rings. The van der Waals surface area contributed by atoms with Gasteiger partial charge < -0.3 is 14.3 Å². The van der Waals surface area contributed by atoms with E-state index in [1.54, 1.807) is 16.8 Å². The summed E-state index contributed by atoms with van der Waals surface area (Å²) in [4.78, 5) is 32.6. The SMILES string of the molecule is CN(CCc1noc(C2CC2)n1)C(=O)[C@H]1CC(=O)N(C(C)(C)C)C1. The van der Waals surface area contributed by atoms with Crippen LogP contribution in [0.1, 0.15) is 57.7 Å². The maximum atomic E-state index is 12.6. The largest absolute Gasteiger partial charge is 0.345 e. The molecule has 1 aromatic heterocycles. The Balaban J connectivity index is 1.52. The topological polar surface area (TPSA) is 79.5 Å². The summed E-state index contributed by atoms with van der Waals surface area (Å²) in [6, 6.07) is 0. The Hall–Kier alpha value is -1.92. The van der Waals surface area contributed by atoms with E-state index in [1.165, 1.54) is 0 Å². The van der Waals surface area contributed by atoms with Crippen molar-refractivity contribution in [3.63, 3.8) is 0 Å². The average molecular weight is 334 g/mol. The smallest absolute Gasteiger partial charge is 0.229 e. The van der Waals surface area contributed by atoms with Gasteiger partial charge in [0.1, 0.15) is 0 Å². The molecule has 7 heteroatoms. The van der Waals surface area contributed by atoms with Crippen LogP contribution in [-0.2, 0) is 16.0 Å². The molecule has 0 N–H and O–H groups in total. The third-order valence-electron chi connectivity index (χ3n) is 4.74. The fourth-order valence-electron chi connectivity index (χ4n) is 3.08. The maximum Gasteiger partial charge on any atom is 0.229 e. The number of nitrogens with zero attached hydrogens (tertiary/aromatic N) is 4. The van der Waals surface area contributed by atoms with Crippen molar-refractivity contribution in [1.82, 2.24) is 19.9 Å². The minimum absolute atomic E-state index is 0.0148. The zero-order valence-corrected chi connectivity index (χ0v) is 14.9. The molecule has 0 unspecified atom stereocenters. The molecule has 2 amide bonds. The van der Waals surface area contributed by atoms with Crippen molar-refractivity contribution in [1.29, 1.82) is 0 Å². The van der Waals surface area contributed by atoms with Gasteiger partial charge in [0.05, 0.1) is 5.92 Å². The fraction of sp³-hybridized carbons (Fsp3) is 0.765. The molecular weight excluding hydrogens is 308 g/mol. The van der Waals surface area contributed by atoms with Gasteiger partial charge in [-0.1, -0.05) is 5.16 Å². The predicted molar refractivity (Wildman–Crippen MR) is 87.2 cm³/mol. The number of likely N-dealkylation sites (N-methyl/N-ethyl adjacent to an activating group) is 1. The summed E-state index contributed by atoms with van der Waals surface area (Å²) in [5, 5.41) is 3.98. The summed E-state index contributed by atoms with van der Waals surface area (Å²) in [5.74, 6) is 1.63. The van der Waals surface area contributed by atoms with Crippen LogP contribution < -0.4 is 0 Å². The van der Waals surface area contributed by atoms with Crippen molar-refractivity contribution in [2.75, 3.05) is 20.1 Å². The lowest BCUT2D eigenvalue weighted by Gasteiger charge is -2.32. The molecule has 2 fully saturated rings. The highest BCUT2D eigenvalue weighted by Crippen LogP contribution is 2.38. The zero-order valence-electron chi connectivity index (χ0n) is 14.9. The maximum absolute atomic E-state index is 12.6. The third-order valence-corrected chi connectivity index (χ3v) is 4.74. The van der Waals surface area contributed by atoms with Crippen LogP contribution in [0.5, 0.6) is 0 Å². The van der Waals surface area contributed by atoms with Crippen LogP contribution in [0.2, 0.25) is 0 Å². The molecule has 1 aliphatic carbocycles. The second-order valence-corrected chi connectivity index (χ2v) is 7.91. The van der Waals surface area contributed by atoms with Crippen LogP contribution in [-0.4, -0.2) is 57.4 Å². The number of hydrogen-bond donors (Lipinski definition) is 0. The Morgan fingerprint density at radius 1 is 1.38 bits per heavy atom. The fourth-order valence-corrected chi connectivity index (χ4v) is 3.08. The minimum Gasteiger partial charge on any atom is -0.345 e. The molecule has 132 valence electrons. The lowest BCUT2D eigenvalue weighted by Crippen LogP contribution is -2.43. The van der Waals surface area contributed by atoms with E-state index in [-0.39, 0.29) is 23.3 Å². The Labute approximate surface area is 142 Å². The molecule has 0 spiro atoms. The summed E-state index contributed by atoms with van der Waals surface area (Å²) in [6.07, 6.45) is 3.12. The number of hydrogen-bond acceptors (Lipinski definition) is 5. The second kappa shape index (κ2) is 6.18.